The van der Waals surface area contributed by atoms with Crippen molar-refractivity contribution < 1.29 is 18.0 Å². The first-order valence-electron chi connectivity index (χ1n) is 7.34. The van der Waals surface area contributed by atoms with Crippen molar-refractivity contribution in [1.82, 2.24) is 0 Å². The summed E-state index contributed by atoms with van der Waals surface area (Å²) in [5.41, 5.74) is 6.10. The fourth-order valence-electron chi connectivity index (χ4n) is 2.19. The summed E-state index contributed by atoms with van der Waals surface area (Å²) in [6.07, 6.45) is 0. The molecule has 0 aliphatic rings. The molecule has 3 aromatic rings. The molecule has 0 unspecified atom stereocenters. The van der Waals surface area contributed by atoms with E-state index < -0.39 is 9.84 Å². The van der Waals surface area contributed by atoms with E-state index in [1.165, 1.54) is 24.3 Å². The molecule has 0 atom stereocenters. The van der Waals surface area contributed by atoms with E-state index >= 15 is 0 Å². The lowest BCUT2D eigenvalue weighted by molar-refractivity contribution is 0.334. The van der Waals surface area contributed by atoms with Gasteiger partial charge in [0.15, 0.2) is 0 Å². The van der Waals surface area contributed by atoms with Crippen molar-refractivity contribution in [3.05, 3.63) is 72.8 Å². The molecule has 0 saturated heterocycles. The van der Waals surface area contributed by atoms with Crippen LogP contribution in [-0.4, -0.2) is 8.42 Å². The van der Waals surface area contributed by atoms with Crippen LogP contribution in [0, 0.1) is 0 Å². The highest BCUT2D eigenvalue weighted by molar-refractivity contribution is 7.91. The van der Waals surface area contributed by atoms with Crippen molar-refractivity contribution in [2.75, 3.05) is 5.73 Å². The quantitative estimate of drug-likeness (QED) is 0.537. The highest BCUT2D eigenvalue weighted by Gasteiger charge is 2.17. The first-order chi connectivity index (χ1) is 12.0. The van der Waals surface area contributed by atoms with Crippen LogP contribution < -0.4 is 21.2 Å². The Labute approximate surface area is 145 Å². The van der Waals surface area contributed by atoms with Gasteiger partial charge in [-0.2, -0.15) is 5.90 Å². The zero-order valence-electron chi connectivity index (χ0n) is 13.1. The summed E-state index contributed by atoms with van der Waals surface area (Å²) in [5, 5.41) is 0. The number of hydrogen-bond donors (Lipinski definition) is 2. The number of ether oxygens (including phenoxy) is 1. The third-order valence-electron chi connectivity index (χ3n) is 3.52. The largest absolute Gasteiger partial charge is 0.457 e. The fraction of sp³-hybridized carbons (Fsp3) is 0. The minimum atomic E-state index is -3.60. The number of sulfone groups is 1. The highest BCUT2D eigenvalue weighted by Crippen LogP contribution is 2.27. The number of anilines is 1. The van der Waals surface area contributed by atoms with Gasteiger partial charge < -0.3 is 15.3 Å². The van der Waals surface area contributed by atoms with Gasteiger partial charge in [-0.3, -0.25) is 0 Å². The van der Waals surface area contributed by atoms with E-state index in [1.807, 2.05) is 0 Å². The molecule has 3 rings (SSSR count). The topological polar surface area (TPSA) is 105 Å². The van der Waals surface area contributed by atoms with E-state index in [0.717, 1.165) is 0 Å². The Balaban J connectivity index is 1.80. The van der Waals surface area contributed by atoms with Crippen molar-refractivity contribution in [2.45, 2.75) is 9.79 Å². The number of nitrogens with two attached hydrogens (primary N) is 2. The summed E-state index contributed by atoms with van der Waals surface area (Å²) in [4.78, 5) is 4.96. The molecule has 0 saturated carbocycles. The molecule has 6 nitrogen and oxygen atoms in total. The van der Waals surface area contributed by atoms with Crippen LogP contribution >= 0.6 is 0 Å². The minimum absolute atomic E-state index is 0.177. The molecule has 0 aliphatic carbocycles. The predicted molar refractivity (Wildman–Crippen MR) is 94.1 cm³/mol. The second kappa shape index (κ2) is 6.84. The van der Waals surface area contributed by atoms with E-state index in [0.29, 0.717) is 22.9 Å². The van der Waals surface area contributed by atoms with Gasteiger partial charge in [0, 0.05) is 5.69 Å². The molecule has 0 heterocycles. The van der Waals surface area contributed by atoms with Gasteiger partial charge in [-0.25, -0.2) is 8.42 Å². The molecule has 0 amide bonds. The van der Waals surface area contributed by atoms with E-state index in [-0.39, 0.29) is 9.79 Å². The Bertz CT molecular complexity index is 951. The highest BCUT2D eigenvalue weighted by atomic mass is 32.2. The van der Waals surface area contributed by atoms with Crippen molar-refractivity contribution >= 4 is 15.5 Å². The summed E-state index contributed by atoms with van der Waals surface area (Å²) < 4.78 is 30.8. The van der Waals surface area contributed by atoms with Gasteiger partial charge >= 0.3 is 0 Å². The van der Waals surface area contributed by atoms with Gasteiger partial charge in [0.2, 0.25) is 9.84 Å². The molecule has 0 aromatic heterocycles. The first kappa shape index (κ1) is 16.8. The molecular weight excluding hydrogens is 340 g/mol. The Morgan fingerprint density at radius 1 is 0.640 bits per heavy atom. The van der Waals surface area contributed by atoms with Crippen LogP contribution in [0.15, 0.2) is 82.6 Å². The molecule has 128 valence electrons. The second-order valence-electron chi connectivity index (χ2n) is 5.24. The Morgan fingerprint density at radius 3 is 1.52 bits per heavy atom. The van der Waals surface area contributed by atoms with Crippen molar-refractivity contribution in [1.29, 1.82) is 0 Å². The van der Waals surface area contributed by atoms with Crippen LogP contribution in [0.25, 0.3) is 0 Å². The van der Waals surface area contributed by atoms with Gasteiger partial charge in [-0.15, -0.1) is 0 Å². The van der Waals surface area contributed by atoms with Gasteiger partial charge in [-0.1, -0.05) is 0 Å². The fourth-order valence-corrected chi connectivity index (χ4v) is 3.45. The van der Waals surface area contributed by atoms with Crippen molar-refractivity contribution in [3.8, 4) is 17.2 Å². The zero-order chi connectivity index (χ0) is 17.9. The molecule has 0 spiro atoms. The lowest BCUT2D eigenvalue weighted by atomic mass is 10.3. The zero-order valence-corrected chi connectivity index (χ0v) is 13.9. The van der Waals surface area contributed by atoms with Crippen LogP contribution in [0.5, 0.6) is 17.2 Å². The third-order valence-corrected chi connectivity index (χ3v) is 5.31. The molecule has 25 heavy (non-hydrogen) atoms. The standard InChI is InChI=1S/C18H16N2O4S/c19-13-1-9-17(10-2-13)25(21,22)18-11-7-15(8-12-18)23-14-3-5-16(24-20)6-4-14/h1-12H,19-20H2. The molecule has 4 N–H and O–H groups in total. The summed E-state index contributed by atoms with van der Waals surface area (Å²) in [5.74, 6) is 6.66. The van der Waals surface area contributed by atoms with E-state index in [2.05, 4.69) is 4.84 Å². The maximum absolute atomic E-state index is 12.6. The first-order valence-corrected chi connectivity index (χ1v) is 8.83. The summed E-state index contributed by atoms with van der Waals surface area (Å²) in [6.45, 7) is 0. The predicted octanol–water partition coefficient (Wildman–Crippen LogP) is 3.15. The van der Waals surface area contributed by atoms with E-state index in [1.54, 1.807) is 48.5 Å². The summed E-state index contributed by atoms with van der Waals surface area (Å²) >= 11 is 0. The summed E-state index contributed by atoms with van der Waals surface area (Å²) in [7, 11) is -3.60. The summed E-state index contributed by atoms with van der Waals surface area (Å²) in [6, 6.07) is 19.0. The van der Waals surface area contributed by atoms with Gasteiger partial charge in [0.1, 0.15) is 17.2 Å². The molecule has 0 bridgehead atoms. The van der Waals surface area contributed by atoms with Crippen LogP contribution in [-0.2, 0) is 9.84 Å². The van der Waals surface area contributed by atoms with Gasteiger partial charge in [0.05, 0.1) is 9.79 Å². The van der Waals surface area contributed by atoms with E-state index in [9.17, 15) is 8.42 Å². The maximum atomic E-state index is 12.6. The van der Waals surface area contributed by atoms with Crippen LogP contribution in [0.3, 0.4) is 0 Å². The van der Waals surface area contributed by atoms with Crippen molar-refractivity contribution in [3.63, 3.8) is 0 Å². The van der Waals surface area contributed by atoms with Crippen molar-refractivity contribution in [2.24, 2.45) is 5.90 Å². The average Bonchev–Trinajstić information content (AvgIpc) is 2.63. The molecule has 0 fully saturated rings. The molecular formula is C18H16N2O4S. The van der Waals surface area contributed by atoms with Gasteiger partial charge in [-0.05, 0) is 72.8 Å². The number of nitrogen functional groups attached to an aromatic ring is 1. The number of hydrogen-bond acceptors (Lipinski definition) is 6. The lowest BCUT2D eigenvalue weighted by Crippen LogP contribution is -2.02. The van der Waals surface area contributed by atoms with Crippen LogP contribution in [0.1, 0.15) is 0 Å². The lowest BCUT2D eigenvalue weighted by Gasteiger charge is -2.08. The number of rotatable bonds is 5. The number of benzene rings is 3. The SMILES string of the molecule is NOc1ccc(Oc2ccc(S(=O)(=O)c3ccc(N)cc3)cc2)cc1. The molecule has 3 aromatic carbocycles. The Morgan fingerprint density at radius 2 is 1.04 bits per heavy atom. The Hall–Kier alpha value is -3.03. The molecule has 7 heteroatoms. The van der Waals surface area contributed by atoms with Crippen LogP contribution in [0.2, 0.25) is 0 Å². The average molecular weight is 356 g/mol. The smallest absolute Gasteiger partial charge is 0.206 e. The maximum Gasteiger partial charge on any atom is 0.206 e. The Kier molecular flexibility index (Phi) is 4.60. The third kappa shape index (κ3) is 3.73. The normalized spacial score (nSPS) is 11.1. The minimum Gasteiger partial charge on any atom is -0.457 e. The molecule has 0 radical (unpaired) electrons. The van der Waals surface area contributed by atoms with Gasteiger partial charge in [0.25, 0.3) is 0 Å². The van der Waals surface area contributed by atoms with E-state index in [4.69, 9.17) is 16.4 Å². The van der Waals surface area contributed by atoms with Crippen LogP contribution in [0.4, 0.5) is 5.69 Å². The monoisotopic (exact) mass is 356 g/mol. The molecule has 0 aliphatic heterocycles. The second-order valence-corrected chi connectivity index (χ2v) is 7.18.